The van der Waals surface area contributed by atoms with Crippen molar-refractivity contribution in [3.05, 3.63) is 65.8 Å². The van der Waals surface area contributed by atoms with E-state index in [-0.39, 0.29) is 11.9 Å². The zero-order valence-electron chi connectivity index (χ0n) is 14.5. The van der Waals surface area contributed by atoms with Gasteiger partial charge in [0, 0.05) is 25.0 Å². The van der Waals surface area contributed by atoms with Gasteiger partial charge >= 0.3 is 0 Å². The average Bonchev–Trinajstić information content (AvgIpc) is 2.66. The number of nitrogens with zero attached hydrogens (tertiary/aromatic N) is 3. The molecule has 0 radical (unpaired) electrons. The Bertz CT molecular complexity index is 731. The maximum atomic E-state index is 12.6. The van der Waals surface area contributed by atoms with Gasteiger partial charge in [-0.1, -0.05) is 30.3 Å². The number of hydrogen-bond donors (Lipinski definition) is 0. The molecule has 0 aliphatic carbocycles. The molecular formula is C20H23N3O2. The smallest absolute Gasteiger partial charge is 0.246 e. The van der Waals surface area contributed by atoms with Gasteiger partial charge in [0.1, 0.15) is 0 Å². The van der Waals surface area contributed by atoms with Crippen LogP contribution in [0, 0.1) is 6.92 Å². The second-order valence-corrected chi connectivity index (χ2v) is 6.13. The van der Waals surface area contributed by atoms with Gasteiger partial charge in [-0.3, -0.25) is 14.8 Å². The second kappa shape index (κ2) is 8.53. The van der Waals surface area contributed by atoms with Gasteiger partial charge in [-0.05, 0) is 31.4 Å². The van der Waals surface area contributed by atoms with Crippen molar-refractivity contribution >= 4 is 12.0 Å². The fourth-order valence-corrected chi connectivity index (χ4v) is 3.00. The Hall–Kier alpha value is -2.53. The second-order valence-electron chi connectivity index (χ2n) is 6.13. The third-order valence-corrected chi connectivity index (χ3v) is 4.43. The van der Waals surface area contributed by atoms with Crippen LogP contribution in [0.3, 0.4) is 0 Å². The summed E-state index contributed by atoms with van der Waals surface area (Å²) in [7, 11) is 0. The van der Waals surface area contributed by atoms with Gasteiger partial charge in [0.05, 0.1) is 30.6 Å². The average molecular weight is 337 g/mol. The molecule has 1 fully saturated rings. The molecule has 130 valence electrons. The summed E-state index contributed by atoms with van der Waals surface area (Å²) < 4.78 is 5.59. The van der Waals surface area contributed by atoms with Crippen molar-refractivity contribution < 1.29 is 9.53 Å². The molecule has 25 heavy (non-hydrogen) atoms. The quantitative estimate of drug-likeness (QED) is 0.787. The number of rotatable bonds is 5. The molecule has 1 aromatic heterocycles. The summed E-state index contributed by atoms with van der Waals surface area (Å²) in [5, 5.41) is 0. The van der Waals surface area contributed by atoms with E-state index in [4.69, 9.17) is 4.74 Å². The molecule has 3 rings (SSSR count). The zero-order valence-corrected chi connectivity index (χ0v) is 14.5. The molecular weight excluding hydrogens is 314 g/mol. The molecule has 1 aliphatic rings. The molecule has 5 nitrogen and oxygen atoms in total. The van der Waals surface area contributed by atoms with Crippen molar-refractivity contribution in [1.29, 1.82) is 0 Å². The van der Waals surface area contributed by atoms with E-state index in [1.807, 2.05) is 48.2 Å². The van der Waals surface area contributed by atoms with Crippen molar-refractivity contribution in [2.24, 2.45) is 0 Å². The van der Waals surface area contributed by atoms with E-state index in [2.05, 4.69) is 9.97 Å². The number of amides is 1. The van der Waals surface area contributed by atoms with Crippen LogP contribution in [0.5, 0.6) is 0 Å². The molecule has 0 N–H and O–H groups in total. The lowest BCUT2D eigenvalue weighted by Crippen LogP contribution is -2.48. The number of aromatic nitrogens is 2. The predicted octanol–water partition coefficient (Wildman–Crippen LogP) is 2.66. The maximum absolute atomic E-state index is 12.6. The molecule has 0 spiro atoms. The summed E-state index contributed by atoms with van der Waals surface area (Å²) in [6.07, 6.45) is 8.55. The van der Waals surface area contributed by atoms with Crippen LogP contribution < -0.4 is 0 Å². The van der Waals surface area contributed by atoms with Crippen LogP contribution in [0.1, 0.15) is 23.4 Å². The van der Waals surface area contributed by atoms with Gasteiger partial charge in [0.25, 0.3) is 0 Å². The summed E-state index contributed by atoms with van der Waals surface area (Å²) in [5.74, 6) is 0.0352. The van der Waals surface area contributed by atoms with Gasteiger partial charge in [-0.25, -0.2) is 0 Å². The van der Waals surface area contributed by atoms with E-state index >= 15 is 0 Å². The highest BCUT2D eigenvalue weighted by Gasteiger charge is 2.26. The lowest BCUT2D eigenvalue weighted by molar-refractivity contribution is -0.134. The molecule has 1 saturated heterocycles. The van der Waals surface area contributed by atoms with Crippen LogP contribution in [-0.4, -0.2) is 46.6 Å². The Balaban J connectivity index is 1.63. The first kappa shape index (κ1) is 17.3. The van der Waals surface area contributed by atoms with Crippen LogP contribution in [-0.2, 0) is 16.0 Å². The Morgan fingerprint density at radius 2 is 2.08 bits per heavy atom. The van der Waals surface area contributed by atoms with Gasteiger partial charge < -0.3 is 9.64 Å². The molecule has 1 aromatic carbocycles. The van der Waals surface area contributed by atoms with Crippen molar-refractivity contribution in [1.82, 2.24) is 14.9 Å². The minimum Gasteiger partial charge on any atom is -0.377 e. The highest BCUT2D eigenvalue weighted by Crippen LogP contribution is 2.15. The minimum atomic E-state index is 0.0352. The van der Waals surface area contributed by atoms with E-state index in [1.165, 1.54) is 0 Å². The van der Waals surface area contributed by atoms with Crippen molar-refractivity contribution in [3.63, 3.8) is 0 Å². The summed E-state index contributed by atoms with van der Waals surface area (Å²) >= 11 is 0. The monoisotopic (exact) mass is 337 g/mol. The topological polar surface area (TPSA) is 55.3 Å². The molecule has 2 aromatic rings. The Kier molecular flexibility index (Phi) is 5.90. The fraction of sp³-hybridized carbons (Fsp3) is 0.350. The number of hydrogen-bond acceptors (Lipinski definition) is 4. The number of aryl methyl sites for hydroxylation is 2. The van der Waals surface area contributed by atoms with Gasteiger partial charge in [-0.15, -0.1) is 0 Å². The van der Waals surface area contributed by atoms with E-state index < -0.39 is 0 Å². The number of ether oxygens (including phenoxy) is 1. The molecule has 1 unspecified atom stereocenters. The van der Waals surface area contributed by atoms with Crippen LogP contribution in [0.25, 0.3) is 6.08 Å². The highest BCUT2D eigenvalue weighted by molar-refractivity contribution is 5.92. The Morgan fingerprint density at radius 3 is 2.88 bits per heavy atom. The molecule has 1 amide bonds. The van der Waals surface area contributed by atoms with E-state index in [1.54, 1.807) is 18.5 Å². The lowest BCUT2D eigenvalue weighted by Gasteiger charge is -2.35. The summed E-state index contributed by atoms with van der Waals surface area (Å²) in [5.41, 5.74) is 2.96. The van der Waals surface area contributed by atoms with E-state index in [9.17, 15) is 4.79 Å². The normalized spacial score (nSPS) is 17.8. The first-order valence-electron chi connectivity index (χ1n) is 8.62. The Labute approximate surface area is 148 Å². The fourth-order valence-electron chi connectivity index (χ4n) is 3.00. The van der Waals surface area contributed by atoms with Gasteiger partial charge in [0.2, 0.25) is 5.91 Å². The highest BCUT2D eigenvalue weighted by atomic mass is 16.5. The van der Waals surface area contributed by atoms with E-state index in [0.717, 1.165) is 29.8 Å². The largest absolute Gasteiger partial charge is 0.377 e. The number of morpholine rings is 1. The third kappa shape index (κ3) is 4.73. The molecule has 1 aliphatic heterocycles. The lowest BCUT2D eigenvalue weighted by atomic mass is 10.1. The van der Waals surface area contributed by atoms with Crippen molar-refractivity contribution in [2.45, 2.75) is 25.8 Å². The summed E-state index contributed by atoms with van der Waals surface area (Å²) in [6.45, 7) is 3.75. The summed E-state index contributed by atoms with van der Waals surface area (Å²) in [4.78, 5) is 23.2. The van der Waals surface area contributed by atoms with Crippen LogP contribution >= 0.6 is 0 Å². The molecule has 5 heteroatoms. The molecule has 2 heterocycles. The summed E-state index contributed by atoms with van der Waals surface area (Å²) in [6, 6.07) is 9.93. The van der Waals surface area contributed by atoms with Crippen molar-refractivity contribution in [2.75, 3.05) is 19.8 Å². The minimum absolute atomic E-state index is 0.0352. The number of benzene rings is 1. The number of carbonyl (C=O) groups excluding carboxylic acids is 1. The Morgan fingerprint density at radius 1 is 1.28 bits per heavy atom. The first-order chi connectivity index (χ1) is 12.2. The molecule has 1 atom stereocenters. The predicted molar refractivity (Wildman–Crippen MR) is 96.9 cm³/mol. The van der Waals surface area contributed by atoms with Gasteiger partial charge in [-0.2, -0.15) is 0 Å². The SMILES string of the molecule is Cc1nccnc1CCC1COCCN1C(=O)C=Cc1ccccc1. The van der Waals surface area contributed by atoms with Crippen molar-refractivity contribution in [3.8, 4) is 0 Å². The first-order valence-corrected chi connectivity index (χ1v) is 8.62. The molecule has 0 saturated carbocycles. The van der Waals surface area contributed by atoms with E-state index in [0.29, 0.717) is 19.8 Å². The van der Waals surface area contributed by atoms with Crippen LogP contribution in [0.2, 0.25) is 0 Å². The third-order valence-electron chi connectivity index (χ3n) is 4.43. The molecule has 0 bridgehead atoms. The van der Waals surface area contributed by atoms with Gasteiger partial charge in [0.15, 0.2) is 0 Å². The van der Waals surface area contributed by atoms with Crippen LogP contribution in [0.4, 0.5) is 0 Å². The van der Waals surface area contributed by atoms with Crippen LogP contribution in [0.15, 0.2) is 48.8 Å². The maximum Gasteiger partial charge on any atom is 0.246 e. The zero-order chi connectivity index (χ0) is 17.5. The standard InChI is InChI=1S/C20H23N3O2/c1-16-19(22-12-11-21-16)9-8-18-15-25-14-13-23(18)20(24)10-7-17-5-3-2-4-6-17/h2-7,10-12,18H,8-9,13-15H2,1H3. The number of carbonyl (C=O) groups is 1.